The molecule has 172 valence electrons. The number of carbonyl (C=O) groups is 1. The maximum Gasteiger partial charge on any atom is 0.250 e. The molecule has 2 heterocycles. The number of halogens is 1. The van der Waals surface area contributed by atoms with Crippen molar-refractivity contribution in [3.8, 4) is 11.4 Å². The van der Waals surface area contributed by atoms with Gasteiger partial charge in [0.25, 0.3) is 0 Å². The number of nitrogens with zero attached hydrogens (tertiary/aromatic N) is 4. The van der Waals surface area contributed by atoms with Crippen molar-refractivity contribution in [1.29, 1.82) is 0 Å². The maximum absolute atomic E-state index is 13.4. The van der Waals surface area contributed by atoms with Gasteiger partial charge in [0.15, 0.2) is 0 Å². The van der Waals surface area contributed by atoms with Crippen LogP contribution in [0.15, 0.2) is 54.4 Å². The van der Waals surface area contributed by atoms with Crippen LogP contribution in [0.25, 0.3) is 11.8 Å². The van der Waals surface area contributed by atoms with E-state index in [1.807, 2.05) is 31.2 Å². The van der Waals surface area contributed by atoms with E-state index >= 15 is 0 Å². The van der Waals surface area contributed by atoms with Crippen LogP contribution in [0.5, 0.6) is 5.75 Å². The number of carbonyl (C=O) groups excluding carboxylic acids is 1. The molecule has 0 aliphatic carbocycles. The number of ether oxygens (including phenoxy) is 1. The first-order valence-electron chi connectivity index (χ1n) is 10.9. The molecule has 8 heteroatoms. The van der Waals surface area contributed by atoms with Gasteiger partial charge in [0.2, 0.25) is 5.91 Å². The molecule has 7 nitrogen and oxygen atoms in total. The Labute approximate surface area is 192 Å². The number of aliphatic hydroxyl groups is 1. The third kappa shape index (κ3) is 4.80. The number of amides is 1. The molecular formula is C25H27FN4O3. The largest absolute Gasteiger partial charge is 0.494 e. The van der Waals surface area contributed by atoms with Crippen LogP contribution >= 0.6 is 0 Å². The van der Waals surface area contributed by atoms with E-state index in [1.54, 1.807) is 42.1 Å². The molecule has 0 unspecified atom stereocenters. The molecule has 1 aromatic heterocycles. The Bertz CT molecular complexity index is 1170. The van der Waals surface area contributed by atoms with Gasteiger partial charge in [-0.25, -0.2) is 14.1 Å². The van der Waals surface area contributed by atoms with Crippen molar-refractivity contribution in [3.05, 3.63) is 77.1 Å². The van der Waals surface area contributed by atoms with E-state index in [0.29, 0.717) is 35.7 Å². The Morgan fingerprint density at radius 2 is 1.97 bits per heavy atom. The minimum atomic E-state index is -0.802. The Balaban J connectivity index is 1.63. The molecule has 1 N–H and O–H groups in total. The molecule has 3 aromatic rings. The Hall–Kier alpha value is -3.52. The number of aryl methyl sites for hydroxylation is 1. The zero-order valence-electron chi connectivity index (χ0n) is 18.9. The number of benzene rings is 2. The monoisotopic (exact) mass is 450 g/mol. The standard InChI is InChI=1S/C25H27FN4O3/c1-16(31)24(19-7-9-21(26)10-8-19)29-12-4-5-20(25(29)32)13-18-6-11-22(23(14-18)33-3)30-15-27-17(2)28-30/h6-11,13-16,24,31H,4-5,12H2,1-3H3/t16-,24+/m1/s1. The van der Waals surface area contributed by atoms with Crippen molar-refractivity contribution in [2.75, 3.05) is 13.7 Å². The van der Waals surface area contributed by atoms with E-state index in [2.05, 4.69) is 10.1 Å². The summed E-state index contributed by atoms with van der Waals surface area (Å²) in [6.45, 7) is 3.99. The minimum absolute atomic E-state index is 0.133. The highest BCUT2D eigenvalue weighted by atomic mass is 19.1. The maximum atomic E-state index is 13.4. The van der Waals surface area contributed by atoms with E-state index in [1.165, 1.54) is 12.1 Å². The third-order valence-corrected chi connectivity index (χ3v) is 5.78. The average molecular weight is 451 g/mol. The average Bonchev–Trinajstić information content (AvgIpc) is 3.23. The van der Waals surface area contributed by atoms with Gasteiger partial charge in [-0.1, -0.05) is 18.2 Å². The van der Waals surface area contributed by atoms with Crippen molar-refractivity contribution in [2.24, 2.45) is 0 Å². The van der Waals surface area contributed by atoms with Crippen molar-refractivity contribution >= 4 is 12.0 Å². The van der Waals surface area contributed by atoms with Crippen LogP contribution in [0.1, 0.15) is 42.8 Å². The predicted molar refractivity (Wildman–Crippen MR) is 122 cm³/mol. The van der Waals surface area contributed by atoms with Gasteiger partial charge in [-0.15, -0.1) is 0 Å². The van der Waals surface area contributed by atoms with Gasteiger partial charge in [-0.3, -0.25) is 4.79 Å². The van der Waals surface area contributed by atoms with Gasteiger partial charge < -0.3 is 14.7 Å². The van der Waals surface area contributed by atoms with Gasteiger partial charge in [0, 0.05) is 12.1 Å². The molecule has 4 rings (SSSR count). The summed E-state index contributed by atoms with van der Waals surface area (Å²) >= 11 is 0. The molecular weight excluding hydrogens is 423 g/mol. The summed E-state index contributed by atoms with van der Waals surface area (Å²) in [6, 6.07) is 11.0. The summed E-state index contributed by atoms with van der Waals surface area (Å²) in [4.78, 5) is 19.2. The first kappa shape index (κ1) is 22.7. The van der Waals surface area contributed by atoms with Gasteiger partial charge >= 0.3 is 0 Å². The van der Waals surface area contributed by atoms with Crippen LogP contribution in [0.2, 0.25) is 0 Å². The lowest BCUT2D eigenvalue weighted by Gasteiger charge is -2.37. The molecule has 2 aromatic carbocycles. The number of aromatic nitrogens is 3. The van der Waals surface area contributed by atoms with Crippen LogP contribution < -0.4 is 4.74 Å². The highest BCUT2D eigenvalue weighted by Crippen LogP contribution is 2.32. The normalized spacial score (nSPS) is 17.3. The lowest BCUT2D eigenvalue weighted by Crippen LogP contribution is -2.43. The SMILES string of the molecule is COc1cc(C=C2CCCN([C@H](c3ccc(F)cc3)[C@@H](C)O)C2=O)ccc1-n1cnc(C)n1. The smallest absolute Gasteiger partial charge is 0.250 e. The molecule has 1 aliphatic rings. The fourth-order valence-corrected chi connectivity index (χ4v) is 4.25. The molecule has 1 amide bonds. The fraction of sp³-hybridized carbons (Fsp3) is 0.320. The Morgan fingerprint density at radius 1 is 1.21 bits per heavy atom. The molecule has 1 aliphatic heterocycles. The second-order valence-corrected chi connectivity index (χ2v) is 8.18. The number of rotatable bonds is 6. The molecule has 33 heavy (non-hydrogen) atoms. The highest BCUT2D eigenvalue weighted by Gasteiger charge is 2.33. The summed E-state index contributed by atoms with van der Waals surface area (Å²) in [6.07, 6.45) is 4.09. The number of piperidine rings is 1. The van der Waals surface area contributed by atoms with Crippen molar-refractivity contribution in [3.63, 3.8) is 0 Å². The second kappa shape index (κ2) is 9.54. The molecule has 0 radical (unpaired) electrons. The fourth-order valence-electron chi connectivity index (χ4n) is 4.25. The molecule has 0 saturated carbocycles. The van der Waals surface area contributed by atoms with Gasteiger partial charge in [0.1, 0.15) is 29.4 Å². The number of hydrogen-bond acceptors (Lipinski definition) is 5. The number of aliphatic hydroxyl groups excluding tert-OH is 1. The van der Waals surface area contributed by atoms with Gasteiger partial charge in [-0.2, -0.15) is 5.10 Å². The number of hydrogen-bond donors (Lipinski definition) is 1. The second-order valence-electron chi connectivity index (χ2n) is 8.18. The Morgan fingerprint density at radius 3 is 2.61 bits per heavy atom. The zero-order chi connectivity index (χ0) is 23.5. The summed E-state index contributed by atoms with van der Waals surface area (Å²) in [5.41, 5.74) is 2.94. The molecule has 1 fully saturated rings. The van der Waals surface area contributed by atoms with Crippen molar-refractivity contribution in [1.82, 2.24) is 19.7 Å². The molecule has 0 bridgehead atoms. The van der Waals surface area contributed by atoms with Crippen molar-refractivity contribution < 1.29 is 19.0 Å². The Kier molecular flexibility index (Phi) is 6.55. The van der Waals surface area contributed by atoms with Crippen LogP contribution in [0.3, 0.4) is 0 Å². The lowest BCUT2D eigenvalue weighted by atomic mass is 9.94. The quantitative estimate of drug-likeness (QED) is 0.577. The summed E-state index contributed by atoms with van der Waals surface area (Å²) in [5, 5.41) is 14.8. The van der Waals surface area contributed by atoms with E-state index in [0.717, 1.165) is 17.7 Å². The minimum Gasteiger partial charge on any atom is -0.494 e. The summed E-state index contributed by atoms with van der Waals surface area (Å²) in [7, 11) is 1.59. The van der Waals surface area contributed by atoms with Crippen LogP contribution in [-0.4, -0.2) is 50.4 Å². The van der Waals surface area contributed by atoms with Crippen LogP contribution in [-0.2, 0) is 4.79 Å². The first-order chi connectivity index (χ1) is 15.9. The third-order valence-electron chi connectivity index (χ3n) is 5.78. The number of methoxy groups -OCH3 is 1. The lowest BCUT2D eigenvalue weighted by molar-refractivity contribution is -0.133. The molecule has 2 atom stereocenters. The summed E-state index contributed by atoms with van der Waals surface area (Å²) in [5.74, 6) is 0.783. The number of likely N-dealkylation sites (tertiary alicyclic amines) is 1. The first-order valence-corrected chi connectivity index (χ1v) is 10.9. The highest BCUT2D eigenvalue weighted by molar-refractivity contribution is 5.99. The van der Waals surface area contributed by atoms with Crippen LogP contribution in [0.4, 0.5) is 4.39 Å². The topological polar surface area (TPSA) is 80.5 Å². The van der Waals surface area contributed by atoms with E-state index in [4.69, 9.17) is 4.74 Å². The van der Waals surface area contributed by atoms with E-state index in [-0.39, 0.29) is 11.7 Å². The van der Waals surface area contributed by atoms with Gasteiger partial charge in [-0.05, 0) is 68.2 Å². The van der Waals surface area contributed by atoms with Crippen molar-refractivity contribution in [2.45, 2.75) is 38.8 Å². The molecule has 0 spiro atoms. The predicted octanol–water partition coefficient (Wildman–Crippen LogP) is 3.85. The van der Waals surface area contributed by atoms with Gasteiger partial charge in [0.05, 0.1) is 19.3 Å². The van der Waals surface area contributed by atoms with Crippen LogP contribution in [0, 0.1) is 12.7 Å². The summed E-state index contributed by atoms with van der Waals surface area (Å²) < 4.78 is 20.6. The van der Waals surface area contributed by atoms with E-state index in [9.17, 15) is 14.3 Å². The molecule has 1 saturated heterocycles. The zero-order valence-corrected chi connectivity index (χ0v) is 18.9. The van der Waals surface area contributed by atoms with E-state index < -0.39 is 12.1 Å².